The minimum Gasteiger partial charge on any atom is -0.423 e. The van der Waals surface area contributed by atoms with Crippen LogP contribution < -0.4 is 5.46 Å². The molecule has 0 aliphatic rings. The van der Waals surface area contributed by atoms with Gasteiger partial charge in [-0.2, -0.15) is 0 Å². The third-order valence-electron chi connectivity index (χ3n) is 2.50. The van der Waals surface area contributed by atoms with Gasteiger partial charge in [0.2, 0.25) is 0 Å². The van der Waals surface area contributed by atoms with Crippen molar-refractivity contribution in [2.24, 2.45) is 0 Å². The van der Waals surface area contributed by atoms with E-state index in [0.29, 0.717) is 5.46 Å². The maximum atomic E-state index is 9.18. The lowest BCUT2D eigenvalue weighted by Crippen LogP contribution is -2.30. The van der Waals surface area contributed by atoms with E-state index in [1.807, 2.05) is 24.3 Å². The van der Waals surface area contributed by atoms with Crippen LogP contribution in [0.4, 0.5) is 0 Å². The van der Waals surface area contributed by atoms with E-state index in [-0.39, 0.29) is 6.61 Å². The Morgan fingerprint density at radius 3 is 2.20 bits per heavy atom. The SMILES string of the molecule is OCc1ccc(B(O)O)c2ccccc12. The molecule has 0 saturated carbocycles. The Morgan fingerprint density at radius 2 is 1.60 bits per heavy atom. The molecule has 0 bridgehead atoms. The van der Waals surface area contributed by atoms with Gasteiger partial charge in [0.05, 0.1) is 6.61 Å². The molecule has 0 aliphatic carbocycles. The van der Waals surface area contributed by atoms with Gasteiger partial charge in [0.1, 0.15) is 0 Å². The van der Waals surface area contributed by atoms with Crippen LogP contribution >= 0.6 is 0 Å². The van der Waals surface area contributed by atoms with Gasteiger partial charge >= 0.3 is 7.12 Å². The Labute approximate surface area is 87.8 Å². The monoisotopic (exact) mass is 202 g/mol. The number of hydrogen-bond acceptors (Lipinski definition) is 3. The lowest BCUT2D eigenvalue weighted by Gasteiger charge is -2.08. The smallest absolute Gasteiger partial charge is 0.423 e. The molecule has 0 aromatic heterocycles. The molecule has 2 aromatic carbocycles. The maximum absolute atomic E-state index is 9.18. The second-order valence-corrected chi connectivity index (χ2v) is 3.39. The number of aliphatic hydroxyl groups excluding tert-OH is 1. The number of fused-ring (bicyclic) bond motifs is 1. The molecule has 0 aliphatic heterocycles. The summed E-state index contributed by atoms with van der Waals surface area (Å²) in [5.41, 5.74) is 1.25. The minimum atomic E-state index is -1.48. The van der Waals surface area contributed by atoms with E-state index in [2.05, 4.69) is 0 Å². The first-order valence-electron chi connectivity index (χ1n) is 4.71. The highest BCUT2D eigenvalue weighted by molar-refractivity contribution is 6.62. The fourth-order valence-corrected chi connectivity index (χ4v) is 1.75. The summed E-state index contributed by atoms with van der Waals surface area (Å²) >= 11 is 0. The van der Waals surface area contributed by atoms with Crippen LogP contribution in [-0.2, 0) is 6.61 Å². The van der Waals surface area contributed by atoms with E-state index in [4.69, 9.17) is 5.11 Å². The van der Waals surface area contributed by atoms with Gasteiger partial charge in [0.25, 0.3) is 0 Å². The first-order valence-corrected chi connectivity index (χ1v) is 4.71. The van der Waals surface area contributed by atoms with Crippen molar-refractivity contribution in [3.05, 3.63) is 42.0 Å². The first kappa shape index (κ1) is 10.2. The van der Waals surface area contributed by atoms with Crippen LogP contribution in [0.1, 0.15) is 5.56 Å². The van der Waals surface area contributed by atoms with Crippen LogP contribution in [0.2, 0.25) is 0 Å². The summed E-state index contributed by atoms with van der Waals surface area (Å²) in [4.78, 5) is 0. The highest BCUT2D eigenvalue weighted by Gasteiger charge is 2.15. The Kier molecular flexibility index (Phi) is 2.73. The zero-order valence-corrected chi connectivity index (χ0v) is 8.09. The number of benzene rings is 2. The summed E-state index contributed by atoms with van der Waals surface area (Å²) in [5.74, 6) is 0. The summed E-state index contributed by atoms with van der Waals surface area (Å²) in [6, 6.07) is 10.7. The standard InChI is InChI=1S/C11H11BO3/c13-7-8-5-6-11(12(14)15)10-4-2-1-3-9(8)10/h1-6,13-15H,7H2. The summed E-state index contributed by atoms with van der Waals surface area (Å²) in [5, 5.41) is 29.1. The maximum Gasteiger partial charge on any atom is 0.489 e. The van der Waals surface area contributed by atoms with E-state index < -0.39 is 7.12 Å². The van der Waals surface area contributed by atoms with Crippen molar-refractivity contribution in [2.45, 2.75) is 6.61 Å². The molecule has 0 saturated heterocycles. The second kappa shape index (κ2) is 4.02. The van der Waals surface area contributed by atoms with Gasteiger partial charge in [-0.15, -0.1) is 0 Å². The van der Waals surface area contributed by atoms with Gasteiger partial charge in [-0.1, -0.05) is 36.4 Å². The predicted octanol–water partition coefficient (Wildman–Crippen LogP) is 0.0119. The van der Waals surface area contributed by atoms with Gasteiger partial charge in [-0.05, 0) is 21.8 Å². The van der Waals surface area contributed by atoms with Crippen LogP contribution in [0.15, 0.2) is 36.4 Å². The molecule has 4 heteroatoms. The topological polar surface area (TPSA) is 60.7 Å². The van der Waals surface area contributed by atoms with E-state index in [1.165, 1.54) is 0 Å². The van der Waals surface area contributed by atoms with E-state index in [9.17, 15) is 10.0 Å². The van der Waals surface area contributed by atoms with Crippen molar-refractivity contribution in [3.63, 3.8) is 0 Å². The van der Waals surface area contributed by atoms with Crippen LogP contribution in [-0.4, -0.2) is 22.3 Å². The van der Waals surface area contributed by atoms with Crippen LogP contribution in [0.25, 0.3) is 10.8 Å². The highest BCUT2D eigenvalue weighted by atomic mass is 16.4. The van der Waals surface area contributed by atoms with Gasteiger partial charge in [-0.3, -0.25) is 0 Å². The fraction of sp³-hybridized carbons (Fsp3) is 0.0909. The number of aliphatic hydroxyl groups is 1. The van der Waals surface area contributed by atoms with Crippen molar-refractivity contribution in [1.82, 2.24) is 0 Å². The molecule has 3 nitrogen and oxygen atoms in total. The van der Waals surface area contributed by atoms with Gasteiger partial charge in [-0.25, -0.2) is 0 Å². The van der Waals surface area contributed by atoms with Gasteiger partial charge in [0.15, 0.2) is 0 Å². The lowest BCUT2D eigenvalue weighted by molar-refractivity contribution is 0.283. The molecule has 15 heavy (non-hydrogen) atoms. The predicted molar refractivity (Wildman–Crippen MR) is 59.7 cm³/mol. The minimum absolute atomic E-state index is 0.0533. The molecule has 2 aromatic rings. The largest absolute Gasteiger partial charge is 0.489 e. The van der Waals surface area contributed by atoms with Crippen LogP contribution in [0.5, 0.6) is 0 Å². The number of rotatable bonds is 2. The van der Waals surface area contributed by atoms with Crippen molar-refractivity contribution in [3.8, 4) is 0 Å². The molecule has 0 atom stereocenters. The molecule has 0 unspecified atom stereocenters. The Bertz CT molecular complexity index is 482. The molecule has 0 spiro atoms. The quantitative estimate of drug-likeness (QED) is 0.601. The third-order valence-corrected chi connectivity index (χ3v) is 2.50. The summed E-state index contributed by atoms with van der Waals surface area (Å²) in [6.07, 6.45) is 0. The summed E-state index contributed by atoms with van der Waals surface area (Å²) in [6.45, 7) is -0.0533. The molecule has 0 heterocycles. The van der Waals surface area contributed by atoms with E-state index in [0.717, 1.165) is 16.3 Å². The Morgan fingerprint density at radius 1 is 0.933 bits per heavy atom. The molecule has 2 rings (SSSR count). The van der Waals surface area contributed by atoms with Crippen LogP contribution in [0, 0.1) is 0 Å². The normalized spacial score (nSPS) is 10.6. The molecule has 0 amide bonds. The van der Waals surface area contributed by atoms with Gasteiger partial charge in [0, 0.05) is 0 Å². The van der Waals surface area contributed by atoms with Gasteiger partial charge < -0.3 is 15.2 Å². The molecule has 0 radical (unpaired) electrons. The zero-order valence-electron chi connectivity index (χ0n) is 8.09. The van der Waals surface area contributed by atoms with E-state index >= 15 is 0 Å². The molecule has 76 valence electrons. The average molecular weight is 202 g/mol. The second-order valence-electron chi connectivity index (χ2n) is 3.39. The first-order chi connectivity index (χ1) is 7.24. The highest BCUT2D eigenvalue weighted by Crippen LogP contribution is 2.17. The summed E-state index contributed by atoms with van der Waals surface area (Å²) < 4.78 is 0. The molecule has 3 N–H and O–H groups in total. The number of hydrogen-bond donors (Lipinski definition) is 3. The summed E-state index contributed by atoms with van der Waals surface area (Å²) in [7, 11) is -1.48. The lowest BCUT2D eigenvalue weighted by atomic mass is 9.76. The molecular formula is C11H11BO3. The van der Waals surface area contributed by atoms with Crippen molar-refractivity contribution in [2.75, 3.05) is 0 Å². The third kappa shape index (κ3) is 1.75. The fourth-order valence-electron chi connectivity index (χ4n) is 1.75. The van der Waals surface area contributed by atoms with E-state index in [1.54, 1.807) is 12.1 Å². The van der Waals surface area contributed by atoms with Crippen molar-refractivity contribution < 1.29 is 15.2 Å². The van der Waals surface area contributed by atoms with Crippen molar-refractivity contribution >= 4 is 23.4 Å². The molecular weight excluding hydrogens is 191 g/mol. The Hall–Kier alpha value is -1.36. The molecule has 0 fully saturated rings. The van der Waals surface area contributed by atoms with Crippen molar-refractivity contribution in [1.29, 1.82) is 0 Å². The van der Waals surface area contributed by atoms with Crippen LogP contribution in [0.3, 0.4) is 0 Å². The zero-order chi connectivity index (χ0) is 10.8. The average Bonchev–Trinajstić information content (AvgIpc) is 2.27. The Balaban J connectivity index is 2.77.